The normalized spacial score (nSPS) is 15.2. The van der Waals surface area contributed by atoms with Gasteiger partial charge in [0.1, 0.15) is 5.78 Å². The predicted molar refractivity (Wildman–Crippen MR) is 64.5 cm³/mol. The summed E-state index contributed by atoms with van der Waals surface area (Å²) in [5.74, 6) is -0.762. The number of halogens is 6. The summed E-state index contributed by atoms with van der Waals surface area (Å²) in [6, 6.07) is 0. The molecule has 0 unspecified atom stereocenters. The first-order valence-electron chi connectivity index (χ1n) is 6.33. The van der Waals surface area contributed by atoms with Crippen molar-refractivity contribution >= 4 is 5.78 Å². The van der Waals surface area contributed by atoms with Gasteiger partial charge in [0.15, 0.2) is 0 Å². The maximum Gasteiger partial charge on any atom is 0.426 e. The van der Waals surface area contributed by atoms with E-state index in [2.05, 4.69) is 0 Å². The van der Waals surface area contributed by atoms with E-state index in [1.807, 2.05) is 0 Å². The monoisotopic (exact) mass is 322 g/mol. The summed E-state index contributed by atoms with van der Waals surface area (Å²) in [5, 5.41) is 9.40. The number of hydrogen-bond donors (Lipinski definition) is 1. The van der Waals surface area contributed by atoms with Gasteiger partial charge in [-0.1, -0.05) is 34.6 Å². The Labute approximate surface area is 119 Å². The third kappa shape index (κ3) is 3.52. The van der Waals surface area contributed by atoms with Crippen molar-refractivity contribution in [3.63, 3.8) is 0 Å². The number of aliphatic hydroxyl groups is 1. The van der Waals surface area contributed by atoms with Gasteiger partial charge in [-0.3, -0.25) is 4.79 Å². The van der Waals surface area contributed by atoms with Crippen LogP contribution in [0.25, 0.3) is 0 Å². The summed E-state index contributed by atoms with van der Waals surface area (Å²) in [6.45, 7) is 5.66. The molecule has 2 nitrogen and oxygen atoms in total. The lowest BCUT2D eigenvalue weighted by Crippen LogP contribution is -2.66. The van der Waals surface area contributed by atoms with Crippen LogP contribution in [-0.2, 0) is 4.79 Å². The number of rotatable bonds is 5. The summed E-state index contributed by atoms with van der Waals surface area (Å²) >= 11 is 0. The van der Waals surface area contributed by atoms with Crippen LogP contribution in [0.1, 0.15) is 47.5 Å². The van der Waals surface area contributed by atoms with Gasteiger partial charge in [0, 0.05) is 17.3 Å². The molecule has 0 fully saturated rings. The summed E-state index contributed by atoms with van der Waals surface area (Å²) in [6.07, 6.45) is -12.7. The van der Waals surface area contributed by atoms with Crippen LogP contribution in [0.4, 0.5) is 26.3 Å². The van der Waals surface area contributed by atoms with Crippen molar-refractivity contribution < 1.29 is 36.2 Å². The highest BCUT2D eigenvalue weighted by Crippen LogP contribution is 2.54. The van der Waals surface area contributed by atoms with E-state index in [0.29, 0.717) is 13.8 Å². The number of alkyl halides is 6. The number of carbonyl (C=O) groups is 1. The molecule has 0 aliphatic carbocycles. The van der Waals surface area contributed by atoms with E-state index in [1.165, 1.54) is 13.8 Å². The first-order chi connectivity index (χ1) is 8.94. The van der Waals surface area contributed by atoms with E-state index >= 15 is 0 Å². The Morgan fingerprint density at radius 1 is 0.905 bits per heavy atom. The van der Waals surface area contributed by atoms with Crippen molar-refractivity contribution in [1.29, 1.82) is 0 Å². The van der Waals surface area contributed by atoms with Crippen LogP contribution in [0.2, 0.25) is 0 Å². The Morgan fingerprint density at radius 2 is 1.24 bits per heavy atom. The van der Waals surface area contributed by atoms with Gasteiger partial charge in [0.2, 0.25) is 0 Å². The second kappa shape index (κ2) is 5.44. The first kappa shape index (κ1) is 20.2. The zero-order chi connectivity index (χ0) is 17.5. The maximum atomic E-state index is 12.8. The minimum Gasteiger partial charge on any atom is -0.373 e. The number of Topliss-reactive ketones (excluding diaryl/α,β-unsaturated/α-hetero) is 1. The number of ketones is 1. The molecule has 8 heteroatoms. The van der Waals surface area contributed by atoms with Crippen LogP contribution in [0, 0.1) is 10.8 Å². The van der Waals surface area contributed by atoms with Crippen molar-refractivity contribution in [1.82, 2.24) is 0 Å². The molecule has 0 amide bonds. The molecule has 0 radical (unpaired) electrons. The van der Waals surface area contributed by atoms with E-state index < -0.39 is 41.0 Å². The van der Waals surface area contributed by atoms with E-state index in [-0.39, 0.29) is 6.42 Å². The van der Waals surface area contributed by atoms with Crippen molar-refractivity contribution in [2.45, 2.75) is 65.4 Å². The molecule has 0 heterocycles. The molecule has 0 bridgehead atoms. The largest absolute Gasteiger partial charge is 0.426 e. The highest BCUT2D eigenvalue weighted by atomic mass is 19.4. The molecule has 0 aliphatic heterocycles. The van der Waals surface area contributed by atoms with Gasteiger partial charge in [-0.05, 0) is 6.42 Å². The molecule has 0 saturated carbocycles. The van der Waals surface area contributed by atoms with Crippen LogP contribution in [0.15, 0.2) is 0 Å². The SMILES string of the molecule is CCC(C)(C)C(=O)CC(C)(C)C(O)(C(F)(F)F)C(F)(F)F. The Kier molecular flexibility index (Phi) is 5.24. The molecule has 0 aliphatic rings. The fourth-order valence-corrected chi connectivity index (χ4v) is 1.89. The van der Waals surface area contributed by atoms with E-state index in [9.17, 15) is 36.2 Å². The van der Waals surface area contributed by atoms with Crippen LogP contribution < -0.4 is 0 Å². The van der Waals surface area contributed by atoms with E-state index in [4.69, 9.17) is 0 Å². The molecule has 0 aromatic rings. The van der Waals surface area contributed by atoms with Crippen LogP contribution >= 0.6 is 0 Å². The molecular weight excluding hydrogens is 302 g/mol. The molecule has 126 valence electrons. The van der Waals surface area contributed by atoms with Crippen molar-refractivity contribution in [2.24, 2.45) is 10.8 Å². The average Bonchev–Trinajstić information content (AvgIpc) is 2.23. The lowest BCUT2D eigenvalue weighted by molar-refractivity contribution is -0.399. The summed E-state index contributed by atoms with van der Waals surface area (Å²) in [4.78, 5) is 12.0. The molecule has 1 N–H and O–H groups in total. The molecular formula is C13H20F6O2. The van der Waals surface area contributed by atoms with E-state index in [0.717, 1.165) is 0 Å². The minimum absolute atomic E-state index is 0.262. The average molecular weight is 322 g/mol. The van der Waals surface area contributed by atoms with Gasteiger partial charge in [-0.2, -0.15) is 26.3 Å². The highest BCUT2D eigenvalue weighted by Gasteiger charge is 2.76. The Morgan fingerprint density at radius 3 is 1.48 bits per heavy atom. The summed E-state index contributed by atoms with van der Waals surface area (Å²) < 4.78 is 77.1. The quantitative estimate of drug-likeness (QED) is 0.768. The second-order valence-corrected chi connectivity index (χ2v) is 6.43. The molecule has 0 atom stereocenters. The first-order valence-corrected chi connectivity index (χ1v) is 6.33. The van der Waals surface area contributed by atoms with Gasteiger partial charge in [-0.15, -0.1) is 0 Å². The predicted octanol–water partition coefficient (Wildman–Crippen LogP) is 4.26. The molecule has 0 aromatic heterocycles. The Balaban J connectivity index is 5.79. The number of hydrogen-bond acceptors (Lipinski definition) is 2. The lowest BCUT2D eigenvalue weighted by atomic mass is 9.67. The third-order valence-corrected chi connectivity index (χ3v) is 4.04. The molecule has 21 heavy (non-hydrogen) atoms. The van der Waals surface area contributed by atoms with Crippen molar-refractivity contribution in [2.75, 3.05) is 0 Å². The second-order valence-electron chi connectivity index (χ2n) is 6.43. The van der Waals surface area contributed by atoms with Crippen LogP contribution in [-0.4, -0.2) is 28.8 Å². The van der Waals surface area contributed by atoms with Gasteiger partial charge in [0.05, 0.1) is 0 Å². The Hall–Kier alpha value is -0.790. The summed E-state index contributed by atoms with van der Waals surface area (Å²) in [7, 11) is 0. The van der Waals surface area contributed by atoms with Gasteiger partial charge in [-0.25, -0.2) is 0 Å². The fourth-order valence-electron chi connectivity index (χ4n) is 1.89. The molecule has 0 saturated heterocycles. The standard InChI is InChI=1S/C13H20F6O2/c1-6-9(2,3)8(20)7-10(4,5)11(21,12(14,15)16)13(17,18)19/h21H,6-7H2,1-5H3. The summed E-state index contributed by atoms with van der Waals surface area (Å²) in [5.41, 5.74) is -8.76. The molecule has 0 aromatic carbocycles. The van der Waals surface area contributed by atoms with Crippen molar-refractivity contribution in [3.05, 3.63) is 0 Å². The highest BCUT2D eigenvalue weighted by molar-refractivity contribution is 5.84. The fraction of sp³-hybridized carbons (Fsp3) is 0.923. The van der Waals surface area contributed by atoms with Gasteiger partial charge < -0.3 is 5.11 Å². The topological polar surface area (TPSA) is 37.3 Å². The number of carbonyl (C=O) groups excluding carboxylic acids is 1. The lowest BCUT2D eigenvalue weighted by Gasteiger charge is -2.44. The van der Waals surface area contributed by atoms with E-state index in [1.54, 1.807) is 6.92 Å². The van der Waals surface area contributed by atoms with Gasteiger partial charge in [0.25, 0.3) is 5.60 Å². The maximum absolute atomic E-state index is 12.8. The molecule has 0 rings (SSSR count). The molecule has 0 spiro atoms. The van der Waals surface area contributed by atoms with Crippen LogP contribution in [0.3, 0.4) is 0 Å². The van der Waals surface area contributed by atoms with Crippen LogP contribution in [0.5, 0.6) is 0 Å². The van der Waals surface area contributed by atoms with Gasteiger partial charge >= 0.3 is 12.4 Å². The van der Waals surface area contributed by atoms with Crippen molar-refractivity contribution in [3.8, 4) is 0 Å². The Bertz CT molecular complexity index is 378. The zero-order valence-electron chi connectivity index (χ0n) is 12.5. The third-order valence-electron chi connectivity index (χ3n) is 4.04. The minimum atomic E-state index is -5.94. The smallest absolute Gasteiger partial charge is 0.373 e. The zero-order valence-corrected chi connectivity index (χ0v) is 12.5.